The summed E-state index contributed by atoms with van der Waals surface area (Å²) in [6.45, 7) is 2.35. The molecule has 4 rings (SSSR count). The van der Waals surface area contributed by atoms with Crippen LogP contribution in [0.5, 0.6) is 5.75 Å². The first-order valence-corrected chi connectivity index (χ1v) is 12.7. The first kappa shape index (κ1) is 23.3. The zero-order chi connectivity index (χ0) is 23.4. The molecule has 2 fully saturated rings. The van der Waals surface area contributed by atoms with Gasteiger partial charge < -0.3 is 15.0 Å². The number of nitrogens with zero attached hydrogens (tertiary/aromatic N) is 2. The molecule has 0 spiro atoms. The minimum Gasteiger partial charge on any atom is -0.496 e. The molecule has 1 N–H and O–H groups in total. The standard InChI is InChI=1S/C24H29N3O5S/c1-32-22-12-11-18(33(30,31)27-15-7-8-16-27)17-20(22)23(28)25-21-10-4-3-9-19(21)24(29)26-13-5-2-6-14-26/h3-4,9-12,17H,2,5-8,13-16H2,1H3,(H,25,28). The van der Waals surface area contributed by atoms with E-state index in [0.29, 0.717) is 37.4 Å². The van der Waals surface area contributed by atoms with E-state index in [2.05, 4.69) is 5.32 Å². The summed E-state index contributed by atoms with van der Waals surface area (Å²) >= 11 is 0. The SMILES string of the molecule is COc1ccc(S(=O)(=O)N2CCCC2)cc1C(=O)Nc1ccccc1C(=O)N1CCCCC1. The van der Waals surface area contributed by atoms with E-state index in [1.54, 1.807) is 29.2 Å². The van der Waals surface area contributed by atoms with Crippen LogP contribution >= 0.6 is 0 Å². The Morgan fingerprint density at radius 1 is 0.879 bits per heavy atom. The molecular formula is C24H29N3O5S. The number of benzene rings is 2. The molecule has 176 valence electrons. The Morgan fingerprint density at radius 3 is 2.24 bits per heavy atom. The van der Waals surface area contributed by atoms with Crippen LogP contribution in [0.2, 0.25) is 0 Å². The van der Waals surface area contributed by atoms with Gasteiger partial charge in [-0.25, -0.2) is 8.42 Å². The Hall–Kier alpha value is -2.91. The predicted molar refractivity (Wildman–Crippen MR) is 125 cm³/mol. The number of carbonyl (C=O) groups excluding carboxylic acids is 2. The maximum absolute atomic E-state index is 13.2. The second-order valence-electron chi connectivity index (χ2n) is 8.33. The highest BCUT2D eigenvalue weighted by atomic mass is 32.2. The number of piperidine rings is 1. The van der Waals surface area contributed by atoms with Crippen LogP contribution in [0.1, 0.15) is 52.8 Å². The Balaban J connectivity index is 1.62. The van der Waals surface area contributed by atoms with Gasteiger partial charge in [0, 0.05) is 26.2 Å². The van der Waals surface area contributed by atoms with Crippen LogP contribution in [0, 0.1) is 0 Å². The molecule has 0 bridgehead atoms. The van der Waals surface area contributed by atoms with Crippen molar-refractivity contribution in [1.82, 2.24) is 9.21 Å². The minimum atomic E-state index is -3.69. The number of anilines is 1. The van der Waals surface area contributed by atoms with Gasteiger partial charge in [-0.3, -0.25) is 9.59 Å². The first-order chi connectivity index (χ1) is 15.9. The fourth-order valence-electron chi connectivity index (χ4n) is 4.34. The predicted octanol–water partition coefficient (Wildman–Crippen LogP) is 3.36. The number of carbonyl (C=O) groups is 2. The summed E-state index contributed by atoms with van der Waals surface area (Å²) < 4.78 is 32.7. The van der Waals surface area contributed by atoms with Gasteiger partial charge in [0.05, 0.1) is 28.8 Å². The number of sulfonamides is 1. The molecule has 2 aliphatic rings. The van der Waals surface area contributed by atoms with Crippen LogP contribution in [0.3, 0.4) is 0 Å². The van der Waals surface area contributed by atoms with E-state index >= 15 is 0 Å². The Kier molecular flexibility index (Phi) is 6.99. The average Bonchev–Trinajstić information content (AvgIpc) is 3.40. The van der Waals surface area contributed by atoms with E-state index in [-0.39, 0.29) is 22.1 Å². The van der Waals surface area contributed by atoms with Gasteiger partial charge in [-0.1, -0.05) is 12.1 Å². The maximum Gasteiger partial charge on any atom is 0.259 e. The van der Waals surface area contributed by atoms with Gasteiger partial charge in [0.25, 0.3) is 11.8 Å². The van der Waals surface area contributed by atoms with Crippen LogP contribution in [0.15, 0.2) is 47.4 Å². The number of likely N-dealkylation sites (tertiary alicyclic amines) is 1. The molecule has 0 aliphatic carbocycles. The van der Waals surface area contributed by atoms with Gasteiger partial charge in [-0.2, -0.15) is 4.31 Å². The molecule has 2 saturated heterocycles. The molecular weight excluding hydrogens is 442 g/mol. The van der Waals surface area contributed by atoms with Crippen molar-refractivity contribution in [3.8, 4) is 5.75 Å². The number of para-hydroxylation sites is 1. The van der Waals surface area contributed by atoms with Gasteiger partial charge in [-0.15, -0.1) is 0 Å². The summed E-state index contributed by atoms with van der Waals surface area (Å²) in [5.74, 6) is -0.403. The number of ether oxygens (including phenoxy) is 1. The van der Waals surface area contributed by atoms with Crippen molar-refractivity contribution in [2.24, 2.45) is 0 Å². The van der Waals surface area contributed by atoms with E-state index in [0.717, 1.165) is 32.1 Å². The summed E-state index contributed by atoms with van der Waals surface area (Å²) in [6, 6.07) is 11.2. The normalized spacial score (nSPS) is 17.1. The quantitative estimate of drug-likeness (QED) is 0.697. The number of hydrogen-bond acceptors (Lipinski definition) is 5. The molecule has 0 radical (unpaired) electrons. The van der Waals surface area contributed by atoms with E-state index in [4.69, 9.17) is 4.74 Å². The van der Waals surface area contributed by atoms with Crippen molar-refractivity contribution in [3.63, 3.8) is 0 Å². The van der Waals surface area contributed by atoms with Crippen LogP contribution < -0.4 is 10.1 Å². The summed E-state index contributed by atoms with van der Waals surface area (Å²) in [6.07, 6.45) is 4.69. The topological polar surface area (TPSA) is 96.0 Å². The minimum absolute atomic E-state index is 0.0491. The van der Waals surface area contributed by atoms with Crippen molar-refractivity contribution in [1.29, 1.82) is 0 Å². The second-order valence-corrected chi connectivity index (χ2v) is 10.3. The lowest BCUT2D eigenvalue weighted by Gasteiger charge is -2.27. The fourth-order valence-corrected chi connectivity index (χ4v) is 5.88. The summed E-state index contributed by atoms with van der Waals surface area (Å²) in [5, 5.41) is 2.79. The third-order valence-corrected chi connectivity index (χ3v) is 8.06. The zero-order valence-electron chi connectivity index (χ0n) is 18.7. The Labute approximate surface area is 194 Å². The van der Waals surface area contributed by atoms with Gasteiger partial charge in [0.2, 0.25) is 10.0 Å². The number of rotatable bonds is 6. The lowest BCUT2D eigenvalue weighted by molar-refractivity contribution is 0.0725. The second kappa shape index (κ2) is 9.93. The largest absolute Gasteiger partial charge is 0.496 e. The molecule has 2 amide bonds. The van der Waals surface area contributed by atoms with Crippen LogP contribution in [0.25, 0.3) is 0 Å². The zero-order valence-corrected chi connectivity index (χ0v) is 19.6. The number of methoxy groups -OCH3 is 1. The molecule has 8 nitrogen and oxygen atoms in total. The van der Waals surface area contributed by atoms with Crippen molar-refractivity contribution in [2.75, 3.05) is 38.6 Å². The third kappa shape index (κ3) is 4.89. The highest BCUT2D eigenvalue weighted by Crippen LogP contribution is 2.28. The van der Waals surface area contributed by atoms with Crippen molar-refractivity contribution in [3.05, 3.63) is 53.6 Å². The summed E-state index contributed by atoms with van der Waals surface area (Å²) in [7, 11) is -2.27. The van der Waals surface area contributed by atoms with Crippen molar-refractivity contribution < 1.29 is 22.7 Å². The molecule has 0 unspecified atom stereocenters. The van der Waals surface area contributed by atoms with Gasteiger partial charge >= 0.3 is 0 Å². The molecule has 0 saturated carbocycles. The maximum atomic E-state index is 13.2. The van der Waals surface area contributed by atoms with Gasteiger partial charge in [-0.05, 0) is 62.4 Å². The lowest BCUT2D eigenvalue weighted by atomic mass is 10.1. The number of nitrogens with one attached hydrogen (secondary N) is 1. The molecule has 2 aliphatic heterocycles. The number of amides is 2. The van der Waals surface area contributed by atoms with Crippen LogP contribution in [-0.4, -0.2) is 62.7 Å². The van der Waals surface area contributed by atoms with Gasteiger partial charge in [0.1, 0.15) is 5.75 Å². The fraction of sp³-hybridized carbons (Fsp3) is 0.417. The van der Waals surface area contributed by atoms with Gasteiger partial charge in [0.15, 0.2) is 0 Å². The molecule has 2 heterocycles. The highest BCUT2D eigenvalue weighted by molar-refractivity contribution is 7.89. The first-order valence-electron chi connectivity index (χ1n) is 11.3. The molecule has 2 aromatic carbocycles. The molecule has 2 aromatic rings. The summed E-state index contributed by atoms with van der Waals surface area (Å²) in [5.41, 5.74) is 0.887. The Morgan fingerprint density at radius 2 is 1.55 bits per heavy atom. The molecule has 9 heteroatoms. The Bertz CT molecular complexity index is 1140. The lowest BCUT2D eigenvalue weighted by Crippen LogP contribution is -2.36. The monoisotopic (exact) mass is 471 g/mol. The highest BCUT2D eigenvalue weighted by Gasteiger charge is 2.29. The third-order valence-electron chi connectivity index (χ3n) is 6.17. The van der Waals surface area contributed by atoms with Crippen LogP contribution in [-0.2, 0) is 10.0 Å². The van der Waals surface area contributed by atoms with E-state index in [1.165, 1.54) is 29.6 Å². The van der Waals surface area contributed by atoms with Crippen LogP contribution in [0.4, 0.5) is 5.69 Å². The molecule has 0 aromatic heterocycles. The van der Waals surface area contributed by atoms with Crippen molar-refractivity contribution in [2.45, 2.75) is 37.0 Å². The molecule has 33 heavy (non-hydrogen) atoms. The van der Waals surface area contributed by atoms with Crippen molar-refractivity contribution >= 4 is 27.5 Å². The van der Waals surface area contributed by atoms with E-state index < -0.39 is 15.9 Å². The summed E-state index contributed by atoms with van der Waals surface area (Å²) in [4.78, 5) is 28.1. The smallest absolute Gasteiger partial charge is 0.259 e. The van der Waals surface area contributed by atoms with E-state index in [9.17, 15) is 18.0 Å². The average molecular weight is 472 g/mol. The number of hydrogen-bond donors (Lipinski definition) is 1. The van der Waals surface area contributed by atoms with E-state index in [1.807, 2.05) is 0 Å². The molecule has 0 atom stereocenters.